The summed E-state index contributed by atoms with van der Waals surface area (Å²) >= 11 is 3.14. The number of hydrogen-bond acceptors (Lipinski definition) is 5. The summed E-state index contributed by atoms with van der Waals surface area (Å²) < 4.78 is 0. The lowest BCUT2D eigenvalue weighted by Crippen LogP contribution is -2.07. The number of anilines is 2. The van der Waals surface area contributed by atoms with E-state index in [2.05, 4.69) is 0 Å². The van der Waals surface area contributed by atoms with Crippen LogP contribution in [0.2, 0.25) is 0 Å². The van der Waals surface area contributed by atoms with Crippen molar-refractivity contribution in [3.8, 4) is 0 Å². The van der Waals surface area contributed by atoms with Crippen LogP contribution in [0, 0.1) is 5.92 Å². The SMILES string of the molecule is CSc1c(N(C)C)sc(C(=O)C2CC2)c1N. The quantitative estimate of drug-likeness (QED) is 0.664. The summed E-state index contributed by atoms with van der Waals surface area (Å²) in [7, 11) is 3.97. The maximum Gasteiger partial charge on any atom is 0.178 e. The Labute approximate surface area is 104 Å². The second-order valence-corrected chi connectivity index (χ2v) is 6.03. The summed E-state index contributed by atoms with van der Waals surface area (Å²) in [5.41, 5.74) is 6.74. The molecule has 5 heteroatoms. The second kappa shape index (κ2) is 4.30. The number of Topliss-reactive ketones (excluding diaryl/α,β-unsaturated/α-hetero) is 1. The summed E-state index contributed by atoms with van der Waals surface area (Å²) in [6, 6.07) is 0. The van der Waals surface area contributed by atoms with E-state index in [9.17, 15) is 4.79 Å². The molecule has 16 heavy (non-hydrogen) atoms. The van der Waals surface area contributed by atoms with Crippen molar-refractivity contribution in [1.82, 2.24) is 0 Å². The van der Waals surface area contributed by atoms with Crippen LogP contribution < -0.4 is 10.6 Å². The van der Waals surface area contributed by atoms with Crippen molar-refractivity contribution in [3.63, 3.8) is 0 Å². The number of hydrogen-bond donors (Lipinski definition) is 1. The molecule has 88 valence electrons. The van der Waals surface area contributed by atoms with Crippen molar-refractivity contribution in [2.24, 2.45) is 5.92 Å². The van der Waals surface area contributed by atoms with Gasteiger partial charge in [-0.25, -0.2) is 0 Å². The lowest BCUT2D eigenvalue weighted by molar-refractivity contribution is 0.0972. The molecule has 0 radical (unpaired) electrons. The third-order valence-electron chi connectivity index (χ3n) is 2.66. The van der Waals surface area contributed by atoms with Gasteiger partial charge in [0.05, 0.1) is 15.5 Å². The normalized spacial score (nSPS) is 15.2. The number of ketones is 1. The molecule has 0 bridgehead atoms. The number of thiophene rings is 1. The molecule has 1 fully saturated rings. The highest BCUT2D eigenvalue weighted by Gasteiger charge is 2.34. The highest BCUT2D eigenvalue weighted by atomic mass is 32.2. The molecule has 0 aliphatic heterocycles. The number of carbonyl (C=O) groups is 1. The summed E-state index contributed by atoms with van der Waals surface area (Å²) in [5, 5.41) is 1.09. The molecule has 1 aliphatic carbocycles. The Morgan fingerprint density at radius 3 is 2.50 bits per heavy atom. The third-order valence-corrected chi connectivity index (χ3v) is 5.00. The van der Waals surface area contributed by atoms with E-state index in [-0.39, 0.29) is 11.7 Å². The predicted molar refractivity (Wildman–Crippen MR) is 71.9 cm³/mol. The summed E-state index contributed by atoms with van der Waals surface area (Å²) in [5.74, 6) is 0.483. The van der Waals surface area contributed by atoms with Gasteiger partial charge in [0.2, 0.25) is 0 Å². The van der Waals surface area contributed by atoms with Crippen molar-refractivity contribution < 1.29 is 4.79 Å². The Bertz CT molecular complexity index is 422. The molecule has 0 atom stereocenters. The summed E-state index contributed by atoms with van der Waals surface area (Å²) in [6.45, 7) is 0. The van der Waals surface area contributed by atoms with Gasteiger partial charge < -0.3 is 10.6 Å². The Morgan fingerprint density at radius 1 is 1.50 bits per heavy atom. The average molecular weight is 256 g/mol. The lowest BCUT2D eigenvalue weighted by atomic mass is 10.2. The van der Waals surface area contributed by atoms with E-state index in [0.29, 0.717) is 5.69 Å². The van der Waals surface area contributed by atoms with Crippen molar-refractivity contribution in [2.75, 3.05) is 31.0 Å². The van der Waals surface area contributed by atoms with Crippen LogP contribution in [0.3, 0.4) is 0 Å². The van der Waals surface area contributed by atoms with Gasteiger partial charge in [-0.15, -0.1) is 23.1 Å². The fourth-order valence-electron chi connectivity index (χ4n) is 1.62. The zero-order chi connectivity index (χ0) is 11.9. The largest absolute Gasteiger partial charge is 0.396 e. The molecule has 2 N–H and O–H groups in total. The Morgan fingerprint density at radius 2 is 2.12 bits per heavy atom. The molecular formula is C11H16N2OS2. The molecule has 1 aromatic rings. The van der Waals surface area contributed by atoms with Gasteiger partial charge in [-0.2, -0.15) is 0 Å². The van der Waals surface area contributed by atoms with E-state index in [1.54, 1.807) is 11.8 Å². The maximum atomic E-state index is 12.0. The fourth-order valence-corrected chi connectivity index (χ4v) is 3.80. The van der Waals surface area contributed by atoms with E-state index < -0.39 is 0 Å². The first-order valence-corrected chi connectivity index (χ1v) is 7.28. The molecule has 1 saturated carbocycles. The molecule has 1 aromatic heterocycles. The zero-order valence-corrected chi connectivity index (χ0v) is 11.4. The molecule has 0 saturated heterocycles. The smallest absolute Gasteiger partial charge is 0.178 e. The van der Waals surface area contributed by atoms with Crippen LogP contribution in [0.1, 0.15) is 22.5 Å². The van der Waals surface area contributed by atoms with Crippen LogP contribution in [-0.4, -0.2) is 26.1 Å². The number of thioether (sulfide) groups is 1. The molecule has 0 aromatic carbocycles. The first-order chi connectivity index (χ1) is 7.56. The number of carbonyl (C=O) groups excluding carboxylic acids is 1. The topological polar surface area (TPSA) is 46.3 Å². The van der Waals surface area contributed by atoms with E-state index in [1.807, 2.05) is 25.3 Å². The Kier molecular flexibility index (Phi) is 3.17. The Hall–Kier alpha value is -0.680. The lowest BCUT2D eigenvalue weighted by Gasteiger charge is -2.10. The van der Waals surface area contributed by atoms with Crippen molar-refractivity contribution in [3.05, 3.63) is 4.88 Å². The minimum atomic E-state index is 0.241. The van der Waals surface area contributed by atoms with Gasteiger partial charge in [0.25, 0.3) is 0 Å². The second-order valence-electron chi connectivity index (χ2n) is 4.22. The molecule has 1 aliphatic rings. The van der Waals surface area contributed by atoms with Crippen LogP contribution in [0.25, 0.3) is 0 Å². The number of rotatable bonds is 4. The number of nitrogens with two attached hydrogens (primary N) is 1. The summed E-state index contributed by atoms with van der Waals surface area (Å²) in [6.07, 6.45) is 4.06. The van der Waals surface area contributed by atoms with Gasteiger partial charge in [0.15, 0.2) is 5.78 Å². The van der Waals surface area contributed by atoms with Gasteiger partial charge in [0.1, 0.15) is 5.00 Å². The van der Waals surface area contributed by atoms with E-state index in [1.165, 1.54) is 11.3 Å². The van der Waals surface area contributed by atoms with Gasteiger partial charge in [-0.05, 0) is 19.1 Å². The average Bonchev–Trinajstić information content (AvgIpc) is 3.01. The minimum absolute atomic E-state index is 0.241. The number of nitrogens with zero attached hydrogens (tertiary/aromatic N) is 1. The van der Waals surface area contributed by atoms with Crippen LogP contribution in [0.5, 0.6) is 0 Å². The zero-order valence-electron chi connectivity index (χ0n) is 9.74. The minimum Gasteiger partial charge on any atom is -0.396 e. The van der Waals surface area contributed by atoms with Gasteiger partial charge in [-0.3, -0.25) is 4.79 Å². The van der Waals surface area contributed by atoms with Crippen LogP contribution in [0.4, 0.5) is 10.7 Å². The molecule has 0 amide bonds. The van der Waals surface area contributed by atoms with Crippen molar-refractivity contribution >= 4 is 39.6 Å². The molecule has 2 rings (SSSR count). The highest BCUT2D eigenvalue weighted by Crippen LogP contribution is 2.46. The molecule has 1 heterocycles. The Balaban J connectivity index is 2.42. The highest BCUT2D eigenvalue weighted by molar-refractivity contribution is 7.99. The third kappa shape index (κ3) is 1.94. The van der Waals surface area contributed by atoms with Gasteiger partial charge in [0, 0.05) is 20.0 Å². The summed E-state index contributed by atoms with van der Waals surface area (Å²) in [4.78, 5) is 15.9. The standard InChI is InChI=1S/C11H16N2OS2/c1-13(2)11-10(15-3)7(12)9(16-11)8(14)6-4-5-6/h6H,4-5,12H2,1-3H3. The monoisotopic (exact) mass is 256 g/mol. The fraction of sp³-hybridized carbons (Fsp3) is 0.545. The van der Waals surface area contributed by atoms with Gasteiger partial charge in [-0.1, -0.05) is 0 Å². The van der Waals surface area contributed by atoms with Gasteiger partial charge >= 0.3 is 0 Å². The van der Waals surface area contributed by atoms with E-state index in [4.69, 9.17) is 5.73 Å². The first-order valence-electron chi connectivity index (χ1n) is 5.24. The number of nitrogen functional groups attached to an aromatic ring is 1. The molecule has 0 spiro atoms. The first kappa shape index (κ1) is 11.8. The van der Waals surface area contributed by atoms with Crippen LogP contribution >= 0.6 is 23.1 Å². The van der Waals surface area contributed by atoms with Crippen LogP contribution in [-0.2, 0) is 0 Å². The van der Waals surface area contributed by atoms with Crippen LogP contribution in [0.15, 0.2) is 4.90 Å². The molecule has 3 nitrogen and oxygen atoms in total. The van der Waals surface area contributed by atoms with Crippen molar-refractivity contribution in [2.45, 2.75) is 17.7 Å². The molecule has 0 unspecified atom stereocenters. The maximum absolute atomic E-state index is 12.0. The predicted octanol–water partition coefficient (Wildman–Crippen LogP) is 2.71. The van der Waals surface area contributed by atoms with Crippen molar-refractivity contribution in [1.29, 1.82) is 0 Å². The molecular weight excluding hydrogens is 240 g/mol. The van der Waals surface area contributed by atoms with E-state index >= 15 is 0 Å². The van der Waals surface area contributed by atoms with E-state index in [0.717, 1.165) is 27.6 Å².